The molecule has 1 aromatic rings. The number of nitrogens with zero attached hydrogens (tertiary/aromatic N) is 1. The van der Waals surface area contributed by atoms with Gasteiger partial charge in [-0.2, -0.15) is 0 Å². The number of ketones is 1. The highest BCUT2D eigenvalue weighted by Crippen LogP contribution is 2.49. The number of carbonyl (C=O) groups is 1. The lowest BCUT2D eigenvalue weighted by molar-refractivity contribution is -0.113. The van der Waals surface area contributed by atoms with Crippen molar-refractivity contribution >= 4 is 17.4 Å². The first-order valence-corrected chi connectivity index (χ1v) is 7.70. The molecule has 0 aromatic heterocycles. The van der Waals surface area contributed by atoms with E-state index in [4.69, 9.17) is 0 Å². The van der Waals surface area contributed by atoms with Crippen molar-refractivity contribution in [3.05, 3.63) is 57.8 Å². The van der Waals surface area contributed by atoms with Crippen LogP contribution in [0.1, 0.15) is 31.4 Å². The van der Waals surface area contributed by atoms with E-state index in [1.807, 2.05) is 11.9 Å². The Morgan fingerprint density at radius 2 is 1.78 bits per heavy atom. The number of carbonyl (C=O) groups excluding carboxylic acids is 1. The molecule has 4 heteroatoms. The average molecular weight is 313 g/mol. The van der Waals surface area contributed by atoms with Crippen molar-refractivity contribution in [2.24, 2.45) is 5.41 Å². The molecule has 1 aliphatic heterocycles. The fraction of sp³-hybridized carbons (Fsp3) is 0.316. The van der Waals surface area contributed by atoms with Gasteiger partial charge in [-0.3, -0.25) is 4.79 Å². The smallest absolute Gasteiger partial charge is 0.202 e. The first-order valence-electron chi connectivity index (χ1n) is 7.70. The summed E-state index contributed by atoms with van der Waals surface area (Å²) in [6.07, 6.45) is 3.86. The van der Waals surface area contributed by atoms with Gasteiger partial charge in [0.2, 0.25) is 5.78 Å². The molecule has 4 rings (SSSR count). The SMILES string of the molecule is CN1CC(C)(C)CC2=C1C(=O)C=C1C2=Cc2c(F)ccc(F)c21. The molecule has 3 aliphatic rings. The number of allylic oxidation sites excluding steroid dienone is 4. The van der Waals surface area contributed by atoms with Crippen LogP contribution in [0.25, 0.3) is 11.6 Å². The van der Waals surface area contributed by atoms with Crippen molar-refractivity contribution in [3.8, 4) is 0 Å². The van der Waals surface area contributed by atoms with Crippen LogP contribution >= 0.6 is 0 Å². The molecule has 0 unspecified atom stereocenters. The zero-order valence-corrected chi connectivity index (χ0v) is 13.3. The molecule has 2 aliphatic carbocycles. The molecular formula is C19H17F2NO. The van der Waals surface area contributed by atoms with Gasteiger partial charge in [-0.1, -0.05) is 13.8 Å². The third-order valence-corrected chi connectivity index (χ3v) is 4.81. The highest BCUT2D eigenvalue weighted by molar-refractivity contribution is 6.17. The van der Waals surface area contributed by atoms with E-state index in [-0.39, 0.29) is 22.3 Å². The normalized spacial score (nSPS) is 21.6. The molecule has 0 fully saturated rings. The lowest BCUT2D eigenvalue weighted by Gasteiger charge is -2.41. The predicted octanol–water partition coefficient (Wildman–Crippen LogP) is 3.94. The Bertz CT molecular complexity index is 858. The fourth-order valence-electron chi connectivity index (χ4n) is 4.07. The zero-order valence-electron chi connectivity index (χ0n) is 13.3. The highest BCUT2D eigenvalue weighted by Gasteiger charge is 2.40. The number of halogens is 2. The Hall–Kier alpha value is -2.23. The third-order valence-electron chi connectivity index (χ3n) is 4.81. The Morgan fingerprint density at radius 3 is 2.52 bits per heavy atom. The van der Waals surface area contributed by atoms with Crippen molar-refractivity contribution in [1.82, 2.24) is 4.90 Å². The maximum Gasteiger partial charge on any atom is 0.202 e. The van der Waals surface area contributed by atoms with Crippen LogP contribution in [0.3, 0.4) is 0 Å². The third kappa shape index (κ3) is 1.94. The Kier molecular flexibility index (Phi) is 2.75. The van der Waals surface area contributed by atoms with Gasteiger partial charge in [0.05, 0.1) is 5.70 Å². The maximum absolute atomic E-state index is 14.2. The van der Waals surface area contributed by atoms with E-state index in [1.165, 1.54) is 6.08 Å². The molecule has 0 N–H and O–H groups in total. The van der Waals surface area contributed by atoms with E-state index in [2.05, 4.69) is 13.8 Å². The first-order chi connectivity index (χ1) is 10.8. The van der Waals surface area contributed by atoms with Crippen molar-refractivity contribution in [3.63, 3.8) is 0 Å². The van der Waals surface area contributed by atoms with Gasteiger partial charge < -0.3 is 4.90 Å². The molecule has 1 heterocycles. The Morgan fingerprint density at radius 1 is 1.09 bits per heavy atom. The van der Waals surface area contributed by atoms with Gasteiger partial charge >= 0.3 is 0 Å². The molecule has 0 radical (unpaired) electrons. The first kappa shape index (κ1) is 14.4. The van der Waals surface area contributed by atoms with Gasteiger partial charge in [-0.05, 0) is 52.8 Å². The average Bonchev–Trinajstić information content (AvgIpc) is 2.82. The molecule has 0 spiro atoms. The molecule has 0 saturated carbocycles. The van der Waals surface area contributed by atoms with Crippen LogP contribution in [0, 0.1) is 17.0 Å². The minimum Gasteiger partial charge on any atom is -0.371 e. The summed E-state index contributed by atoms with van der Waals surface area (Å²) in [7, 11) is 1.90. The van der Waals surface area contributed by atoms with Crippen molar-refractivity contribution in [2.45, 2.75) is 20.3 Å². The number of hydrogen-bond donors (Lipinski definition) is 0. The monoisotopic (exact) mass is 313 g/mol. The van der Waals surface area contributed by atoms with E-state index in [0.29, 0.717) is 11.3 Å². The van der Waals surface area contributed by atoms with Crippen LogP contribution in [0.5, 0.6) is 0 Å². The van der Waals surface area contributed by atoms with E-state index in [9.17, 15) is 13.6 Å². The summed E-state index contributed by atoms with van der Waals surface area (Å²) in [5.41, 5.74) is 3.34. The molecule has 118 valence electrons. The van der Waals surface area contributed by atoms with E-state index < -0.39 is 11.6 Å². The van der Waals surface area contributed by atoms with Gasteiger partial charge in [0.15, 0.2) is 0 Å². The second kappa shape index (κ2) is 4.40. The molecule has 0 atom stereocenters. The van der Waals surface area contributed by atoms with Crippen LogP contribution in [0.2, 0.25) is 0 Å². The fourth-order valence-corrected chi connectivity index (χ4v) is 4.07. The summed E-state index contributed by atoms with van der Waals surface area (Å²) in [6, 6.07) is 2.26. The number of rotatable bonds is 0. The molecular weight excluding hydrogens is 296 g/mol. The van der Waals surface area contributed by atoms with Gasteiger partial charge in [-0.25, -0.2) is 8.78 Å². The molecule has 1 aromatic carbocycles. The van der Waals surface area contributed by atoms with Gasteiger partial charge in [0.25, 0.3) is 0 Å². The molecule has 0 saturated heterocycles. The van der Waals surface area contributed by atoms with Gasteiger partial charge in [-0.15, -0.1) is 0 Å². The van der Waals surface area contributed by atoms with Crippen LogP contribution in [-0.4, -0.2) is 24.3 Å². The Labute approximate surface area is 133 Å². The van der Waals surface area contributed by atoms with Crippen LogP contribution < -0.4 is 0 Å². The van der Waals surface area contributed by atoms with Crippen LogP contribution in [0.15, 0.2) is 35.1 Å². The second-order valence-electron chi connectivity index (χ2n) is 7.32. The standard InChI is InChI=1S/C19H17F2NO/c1-19(2)8-13-10-6-12-14(20)4-5-15(21)17(12)11(10)7-16(23)18(13)22(3)9-19/h4-7H,8-9H2,1-3H3. The molecule has 0 bridgehead atoms. The minimum atomic E-state index is -0.487. The van der Waals surface area contributed by atoms with Gasteiger partial charge in [0, 0.05) is 24.7 Å². The van der Waals surface area contributed by atoms with Crippen molar-refractivity contribution < 1.29 is 13.6 Å². The maximum atomic E-state index is 14.2. The number of hydrogen-bond acceptors (Lipinski definition) is 2. The van der Waals surface area contributed by atoms with E-state index >= 15 is 0 Å². The van der Waals surface area contributed by atoms with Crippen molar-refractivity contribution in [1.29, 1.82) is 0 Å². The number of likely N-dealkylation sites (N-methyl/N-ethyl adjacent to an activating group) is 1. The Balaban J connectivity index is 1.96. The number of fused-ring (bicyclic) bond motifs is 4. The second-order valence-corrected chi connectivity index (χ2v) is 7.32. The quantitative estimate of drug-likeness (QED) is 0.723. The minimum absolute atomic E-state index is 0.00299. The lowest BCUT2D eigenvalue weighted by atomic mass is 9.75. The summed E-state index contributed by atoms with van der Waals surface area (Å²) >= 11 is 0. The van der Waals surface area contributed by atoms with Crippen LogP contribution in [0.4, 0.5) is 8.78 Å². The summed E-state index contributed by atoms with van der Waals surface area (Å²) in [6.45, 7) is 5.06. The van der Waals surface area contributed by atoms with E-state index in [1.54, 1.807) is 6.08 Å². The summed E-state index contributed by atoms with van der Waals surface area (Å²) in [5.74, 6) is -1.07. The zero-order chi connectivity index (χ0) is 16.5. The summed E-state index contributed by atoms with van der Waals surface area (Å²) < 4.78 is 28.4. The van der Waals surface area contributed by atoms with Crippen molar-refractivity contribution in [2.75, 3.05) is 13.6 Å². The lowest BCUT2D eigenvalue weighted by Crippen LogP contribution is -2.40. The van der Waals surface area contributed by atoms with Gasteiger partial charge in [0.1, 0.15) is 11.6 Å². The number of benzene rings is 1. The molecule has 2 nitrogen and oxygen atoms in total. The highest BCUT2D eigenvalue weighted by atomic mass is 19.1. The van der Waals surface area contributed by atoms with E-state index in [0.717, 1.165) is 36.2 Å². The topological polar surface area (TPSA) is 20.3 Å². The van der Waals surface area contributed by atoms with Crippen LogP contribution in [-0.2, 0) is 4.79 Å². The largest absolute Gasteiger partial charge is 0.371 e. The predicted molar refractivity (Wildman–Crippen MR) is 85.4 cm³/mol. The molecule has 23 heavy (non-hydrogen) atoms. The summed E-state index contributed by atoms with van der Waals surface area (Å²) in [4.78, 5) is 14.5. The molecule has 0 amide bonds. The summed E-state index contributed by atoms with van der Waals surface area (Å²) in [5, 5.41) is 0.